The van der Waals surface area contributed by atoms with Gasteiger partial charge in [0.2, 0.25) is 5.91 Å². The molecule has 0 saturated heterocycles. The summed E-state index contributed by atoms with van der Waals surface area (Å²) in [5.41, 5.74) is 1.96. The average Bonchev–Trinajstić information content (AvgIpc) is 3.18. The van der Waals surface area contributed by atoms with Crippen LogP contribution in [0, 0.1) is 0 Å². The molecule has 1 unspecified atom stereocenters. The van der Waals surface area contributed by atoms with Gasteiger partial charge >= 0.3 is 6.18 Å². The fourth-order valence-corrected chi connectivity index (χ4v) is 5.07. The number of amides is 1. The molecular formula is C25H17F3N4O3. The van der Waals surface area contributed by atoms with Crippen molar-refractivity contribution >= 4 is 22.8 Å². The summed E-state index contributed by atoms with van der Waals surface area (Å²) < 4.78 is 51.4. The quantitative estimate of drug-likeness (QED) is 0.417. The molecule has 7 rings (SSSR count). The highest BCUT2D eigenvalue weighted by atomic mass is 19.4. The lowest BCUT2D eigenvalue weighted by Crippen LogP contribution is -2.20. The number of benzene rings is 2. The van der Waals surface area contributed by atoms with Gasteiger partial charge in [-0.2, -0.15) is 13.2 Å². The number of pyridine rings is 1. The second-order valence-corrected chi connectivity index (χ2v) is 8.97. The van der Waals surface area contributed by atoms with E-state index in [4.69, 9.17) is 9.47 Å². The first kappa shape index (κ1) is 20.3. The molecule has 2 aliphatic heterocycles. The minimum atomic E-state index is -4.41. The smallest absolute Gasteiger partial charge is 0.416 e. The molecule has 3 atom stereocenters. The number of imidazole rings is 1. The van der Waals surface area contributed by atoms with Crippen LogP contribution in [-0.4, -0.2) is 27.0 Å². The summed E-state index contributed by atoms with van der Waals surface area (Å²) in [5, 5.41) is 2.77. The molecule has 7 nitrogen and oxygen atoms in total. The number of nitrogens with one attached hydrogen (secondary N) is 2. The molecule has 1 fully saturated rings. The van der Waals surface area contributed by atoms with E-state index in [1.165, 1.54) is 6.07 Å². The van der Waals surface area contributed by atoms with Crippen LogP contribution in [-0.2, 0) is 17.4 Å². The lowest BCUT2D eigenvalue weighted by Gasteiger charge is -2.19. The number of halogens is 3. The largest absolute Gasteiger partial charge is 0.489 e. The fourth-order valence-electron chi connectivity index (χ4n) is 5.07. The summed E-state index contributed by atoms with van der Waals surface area (Å²) in [6, 6.07) is 10.9. The van der Waals surface area contributed by atoms with Gasteiger partial charge in [0.05, 0.1) is 22.5 Å². The van der Waals surface area contributed by atoms with Crippen molar-refractivity contribution in [1.82, 2.24) is 15.0 Å². The molecule has 35 heavy (non-hydrogen) atoms. The van der Waals surface area contributed by atoms with Gasteiger partial charge in [-0.3, -0.25) is 4.79 Å². The number of anilines is 1. The topological polar surface area (TPSA) is 89.1 Å². The highest BCUT2D eigenvalue weighted by molar-refractivity contribution is 5.93. The second-order valence-electron chi connectivity index (χ2n) is 8.97. The second kappa shape index (κ2) is 6.97. The van der Waals surface area contributed by atoms with Crippen molar-refractivity contribution in [3.8, 4) is 17.2 Å². The van der Waals surface area contributed by atoms with Gasteiger partial charge in [-0.1, -0.05) is 0 Å². The van der Waals surface area contributed by atoms with E-state index in [1.807, 2.05) is 18.2 Å². The average molecular weight is 478 g/mol. The first-order valence-electron chi connectivity index (χ1n) is 11.2. The summed E-state index contributed by atoms with van der Waals surface area (Å²) in [5.74, 6) is 3.07. The van der Waals surface area contributed by atoms with Crippen LogP contribution in [0.4, 0.5) is 19.0 Å². The SMILES string of the molecule is O=C1CCc2c(Oc3ccc4c(c3)[C@@H]3C(O4)[C@H]3c3nc4ccc(C(F)(F)F)cc4[nH]3)ccnc2N1. The minimum absolute atomic E-state index is 0.0434. The highest BCUT2D eigenvalue weighted by Crippen LogP contribution is 2.63. The van der Waals surface area contributed by atoms with Crippen LogP contribution in [0.5, 0.6) is 17.2 Å². The van der Waals surface area contributed by atoms with Gasteiger partial charge in [-0.25, -0.2) is 9.97 Å². The molecule has 10 heteroatoms. The van der Waals surface area contributed by atoms with Crippen LogP contribution in [0.25, 0.3) is 11.0 Å². The summed E-state index contributed by atoms with van der Waals surface area (Å²) in [6.07, 6.45) is -2.01. The maximum absolute atomic E-state index is 13.1. The predicted octanol–water partition coefficient (Wildman–Crippen LogP) is 5.30. The third-order valence-corrected chi connectivity index (χ3v) is 6.80. The number of carbonyl (C=O) groups excluding carboxylic acids is 1. The van der Waals surface area contributed by atoms with Crippen molar-refractivity contribution < 1.29 is 27.4 Å². The Hall–Kier alpha value is -4.08. The van der Waals surface area contributed by atoms with E-state index in [-0.39, 0.29) is 23.8 Å². The molecule has 4 heterocycles. The van der Waals surface area contributed by atoms with Gasteiger partial charge in [0.25, 0.3) is 0 Å². The summed E-state index contributed by atoms with van der Waals surface area (Å²) in [7, 11) is 0. The Morgan fingerprint density at radius 3 is 2.80 bits per heavy atom. The maximum Gasteiger partial charge on any atom is 0.416 e. The summed E-state index contributed by atoms with van der Waals surface area (Å²) >= 11 is 0. The van der Waals surface area contributed by atoms with E-state index in [0.717, 1.165) is 29.0 Å². The Morgan fingerprint density at radius 2 is 1.94 bits per heavy atom. The van der Waals surface area contributed by atoms with E-state index in [0.29, 0.717) is 47.0 Å². The summed E-state index contributed by atoms with van der Waals surface area (Å²) in [6.45, 7) is 0. The van der Waals surface area contributed by atoms with Crippen molar-refractivity contribution in [3.63, 3.8) is 0 Å². The van der Waals surface area contributed by atoms with Gasteiger partial charge in [0, 0.05) is 29.7 Å². The van der Waals surface area contributed by atoms with E-state index < -0.39 is 11.7 Å². The Bertz CT molecular complexity index is 1530. The number of fused-ring (bicyclic) bond motifs is 5. The maximum atomic E-state index is 13.1. The number of alkyl halides is 3. The van der Waals surface area contributed by atoms with Crippen molar-refractivity contribution in [2.24, 2.45) is 0 Å². The van der Waals surface area contributed by atoms with E-state index >= 15 is 0 Å². The minimum Gasteiger partial charge on any atom is -0.489 e. The number of hydrogen-bond acceptors (Lipinski definition) is 5. The van der Waals surface area contributed by atoms with Crippen molar-refractivity contribution in [2.75, 3.05) is 5.32 Å². The van der Waals surface area contributed by atoms with Gasteiger partial charge in [0.1, 0.15) is 35.0 Å². The van der Waals surface area contributed by atoms with Gasteiger partial charge in [-0.05, 0) is 48.9 Å². The molecule has 2 aromatic carbocycles. The Morgan fingerprint density at radius 1 is 1.06 bits per heavy atom. The molecule has 0 spiro atoms. The number of H-pyrrole nitrogens is 1. The first-order valence-corrected chi connectivity index (χ1v) is 11.2. The first-order chi connectivity index (χ1) is 16.8. The number of nitrogens with zero attached hydrogens (tertiary/aromatic N) is 2. The zero-order valence-electron chi connectivity index (χ0n) is 18.0. The Balaban J connectivity index is 1.16. The Labute approximate surface area is 196 Å². The van der Waals surface area contributed by atoms with Gasteiger partial charge < -0.3 is 19.8 Å². The van der Waals surface area contributed by atoms with Crippen molar-refractivity contribution in [3.05, 3.63) is 71.2 Å². The van der Waals surface area contributed by atoms with Crippen molar-refractivity contribution in [2.45, 2.75) is 37.0 Å². The van der Waals surface area contributed by atoms with Crippen LogP contribution in [0.2, 0.25) is 0 Å². The monoisotopic (exact) mass is 478 g/mol. The molecule has 0 bridgehead atoms. The normalized spacial score (nSPS) is 22.1. The van der Waals surface area contributed by atoms with Gasteiger partial charge in [-0.15, -0.1) is 0 Å². The highest BCUT2D eigenvalue weighted by Gasteiger charge is 2.61. The predicted molar refractivity (Wildman–Crippen MR) is 119 cm³/mol. The molecular weight excluding hydrogens is 461 g/mol. The molecule has 2 aromatic heterocycles. The number of hydrogen-bond donors (Lipinski definition) is 2. The number of ether oxygens (including phenoxy) is 2. The lowest BCUT2D eigenvalue weighted by atomic mass is 10.1. The zero-order valence-corrected chi connectivity index (χ0v) is 18.0. The zero-order chi connectivity index (χ0) is 23.9. The van der Waals surface area contributed by atoms with E-state index in [9.17, 15) is 18.0 Å². The van der Waals surface area contributed by atoms with Crippen LogP contribution in [0.15, 0.2) is 48.7 Å². The Kier molecular flexibility index (Phi) is 4.04. The van der Waals surface area contributed by atoms with E-state index in [2.05, 4.69) is 20.3 Å². The molecule has 0 radical (unpaired) electrons. The van der Waals surface area contributed by atoms with E-state index in [1.54, 1.807) is 12.3 Å². The fraction of sp³-hybridized carbons (Fsp3) is 0.240. The van der Waals surface area contributed by atoms with Crippen LogP contribution >= 0.6 is 0 Å². The number of aromatic nitrogens is 3. The molecule has 1 aliphatic carbocycles. The van der Waals surface area contributed by atoms with Crippen molar-refractivity contribution in [1.29, 1.82) is 0 Å². The lowest BCUT2D eigenvalue weighted by molar-refractivity contribution is -0.137. The van der Waals surface area contributed by atoms with Crippen LogP contribution in [0.1, 0.15) is 40.8 Å². The standard InChI is InChI=1S/C25H17F3N4O3/c26-25(27,28)11-1-4-15-16(9-11)31-24(30-15)21-20-14-10-12(2-5-17(14)35-22(20)21)34-18-7-8-29-23-13(18)3-6-19(33)32-23/h1-2,4-5,7-10,20-22H,3,6H2,(H,30,31)(H,29,32,33)/t20-,21-,22?/m0/s1. The number of rotatable bonds is 3. The number of aromatic amines is 1. The molecule has 1 saturated carbocycles. The molecule has 1 amide bonds. The van der Waals surface area contributed by atoms with Gasteiger partial charge in [0.15, 0.2) is 0 Å². The summed E-state index contributed by atoms with van der Waals surface area (Å²) in [4.78, 5) is 23.5. The third kappa shape index (κ3) is 3.23. The molecule has 176 valence electrons. The van der Waals surface area contributed by atoms with Crippen LogP contribution < -0.4 is 14.8 Å². The molecule has 3 aliphatic rings. The van der Waals surface area contributed by atoms with Crippen LogP contribution in [0.3, 0.4) is 0 Å². The molecule has 2 N–H and O–H groups in total. The third-order valence-electron chi connectivity index (χ3n) is 6.80. The molecule has 4 aromatic rings. The number of carbonyl (C=O) groups is 1.